The van der Waals surface area contributed by atoms with Crippen LogP contribution in [0.25, 0.3) is 0 Å². The van der Waals surface area contributed by atoms with Crippen molar-refractivity contribution in [3.63, 3.8) is 0 Å². The Kier molecular flexibility index (Phi) is 11.1. The Labute approximate surface area is 97.5 Å². The lowest BCUT2D eigenvalue weighted by Crippen LogP contribution is -2.10. The minimum Gasteiger partial charge on any atom is -0.492 e. The molecular weight excluding hydrogens is 204 g/mol. The molecule has 0 amide bonds. The fraction of sp³-hybridized carbons (Fsp3) is 0.500. The molecule has 0 saturated heterocycles. The second-order valence-corrected chi connectivity index (χ2v) is 2.94. The van der Waals surface area contributed by atoms with Crippen molar-refractivity contribution in [1.29, 1.82) is 0 Å². The van der Waals surface area contributed by atoms with E-state index in [1.165, 1.54) is 0 Å². The van der Waals surface area contributed by atoms with Gasteiger partial charge in [-0.1, -0.05) is 18.2 Å². The zero-order valence-corrected chi connectivity index (χ0v) is 9.89. The third-order valence-electron chi connectivity index (χ3n) is 1.60. The summed E-state index contributed by atoms with van der Waals surface area (Å²) in [6.07, 6.45) is 0. The average Bonchev–Trinajstić information content (AvgIpc) is 2.36. The molecule has 1 aromatic rings. The summed E-state index contributed by atoms with van der Waals surface area (Å²) in [5.41, 5.74) is 10.3. The highest BCUT2D eigenvalue weighted by Crippen LogP contribution is 2.06. The van der Waals surface area contributed by atoms with E-state index >= 15 is 0 Å². The van der Waals surface area contributed by atoms with E-state index in [4.69, 9.17) is 20.9 Å². The van der Waals surface area contributed by atoms with Crippen LogP contribution in [0.5, 0.6) is 5.75 Å². The number of hydrogen-bond acceptors (Lipinski definition) is 4. The van der Waals surface area contributed by atoms with E-state index < -0.39 is 0 Å². The summed E-state index contributed by atoms with van der Waals surface area (Å²) < 4.78 is 10.1. The van der Waals surface area contributed by atoms with Gasteiger partial charge in [-0.2, -0.15) is 0 Å². The molecular formula is C12H22N2O2. The topological polar surface area (TPSA) is 70.5 Å². The molecule has 0 aromatic heterocycles. The average molecular weight is 226 g/mol. The van der Waals surface area contributed by atoms with Gasteiger partial charge in [0.15, 0.2) is 0 Å². The number of nitrogens with two attached hydrogens (primary N) is 2. The monoisotopic (exact) mass is 226 g/mol. The molecule has 0 spiro atoms. The summed E-state index contributed by atoms with van der Waals surface area (Å²) in [7, 11) is 0. The number of hydrogen-bond donors (Lipinski definition) is 2. The molecule has 92 valence electrons. The van der Waals surface area contributed by atoms with Gasteiger partial charge in [0.2, 0.25) is 0 Å². The first-order valence-corrected chi connectivity index (χ1v) is 5.50. The van der Waals surface area contributed by atoms with Gasteiger partial charge >= 0.3 is 0 Å². The maximum Gasteiger partial charge on any atom is 0.119 e. The largest absolute Gasteiger partial charge is 0.492 e. The van der Waals surface area contributed by atoms with Gasteiger partial charge in [0.05, 0.1) is 6.61 Å². The van der Waals surface area contributed by atoms with Crippen molar-refractivity contribution < 1.29 is 9.47 Å². The normalized spacial score (nSPS) is 9.19. The summed E-state index contributed by atoms with van der Waals surface area (Å²) in [5, 5.41) is 0. The molecule has 0 aliphatic carbocycles. The van der Waals surface area contributed by atoms with E-state index in [9.17, 15) is 0 Å². The second kappa shape index (κ2) is 12.0. The van der Waals surface area contributed by atoms with Crippen LogP contribution < -0.4 is 16.2 Å². The Hall–Kier alpha value is -1.10. The summed E-state index contributed by atoms with van der Waals surface area (Å²) in [6, 6.07) is 9.65. The number of benzene rings is 1. The summed E-state index contributed by atoms with van der Waals surface area (Å²) in [5.74, 6) is 0.882. The maximum absolute atomic E-state index is 5.25. The molecule has 0 radical (unpaired) electrons. The van der Waals surface area contributed by atoms with Crippen LogP contribution in [-0.4, -0.2) is 32.9 Å². The zero-order valence-electron chi connectivity index (χ0n) is 9.89. The third-order valence-corrected chi connectivity index (χ3v) is 1.60. The van der Waals surface area contributed by atoms with Gasteiger partial charge < -0.3 is 20.9 Å². The fourth-order valence-corrected chi connectivity index (χ4v) is 0.921. The fourth-order valence-electron chi connectivity index (χ4n) is 0.921. The van der Waals surface area contributed by atoms with E-state index in [0.717, 1.165) is 12.4 Å². The smallest absolute Gasteiger partial charge is 0.119 e. The van der Waals surface area contributed by atoms with Crippen molar-refractivity contribution in [3.8, 4) is 5.75 Å². The molecule has 16 heavy (non-hydrogen) atoms. The Morgan fingerprint density at radius 2 is 1.62 bits per heavy atom. The van der Waals surface area contributed by atoms with Crippen LogP contribution in [0.4, 0.5) is 0 Å². The van der Waals surface area contributed by atoms with E-state index in [2.05, 4.69) is 0 Å². The molecule has 4 nitrogen and oxygen atoms in total. The van der Waals surface area contributed by atoms with Crippen LogP contribution in [0, 0.1) is 0 Å². The molecule has 0 saturated carbocycles. The molecule has 4 heteroatoms. The predicted octanol–water partition coefficient (Wildman–Crippen LogP) is 1.01. The van der Waals surface area contributed by atoms with Crippen LogP contribution in [-0.2, 0) is 4.74 Å². The van der Waals surface area contributed by atoms with Crippen LogP contribution in [0.15, 0.2) is 30.3 Å². The Bertz CT molecular complexity index is 226. The standard InChI is InChI=1S/C8H11NO.C4H11NO/c9-6-7-10-8-4-2-1-3-5-8;1-2-6-4-3-5/h1-5H,6-7,9H2;2-5H2,1H3. The zero-order chi connectivity index (χ0) is 12.1. The number of para-hydroxylation sites is 1. The lowest BCUT2D eigenvalue weighted by molar-refractivity contribution is 0.155. The van der Waals surface area contributed by atoms with E-state index in [1.807, 2.05) is 37.3 Å². The van der Waals surface area contributed by atoms with E-state index in [1.54, 1.807) is 0 Å². The molecule has 0 aliphatic heterocycles. The van der Waals surface area contributed by atoms with Crippen molar-refractivity contribution in [2.24, 2.45) is 11.5 Å². The molecule has 0 unspecified atom stereocenters. The second-order valence-electron chi connectivity index (χ2n) is 2.94. The highest BCUT2D eigenvalue weighted by atomic mass is 16.5. The van der Waals surface area contributed by atoms with Crippen molar-refractivity contribution in [2.45, 2.75) is 6.92 Å². The molecule has 0 fully saturated rings. The molecule has 4 N–H and O–H groups in total. The molecule has 1 rings (SSSR count). The lowest BCUT2D eigenvalue weighted by atomic mass is 10.3. The Morgan fingerprint density at radius 3 is 2.06 bits per heavy atom. The Morgan fingerprint density at radius 1 is 1.00 bits per heavy atom. The maximum atomic E-state index is 5.25. The molecule has 0 atom stereocenters. The van der Waals surface area contributed by atoms with Crippen molar-refractivity contribution >= 4 is 0 Å². The van der Waals surface area contributed by atoms with Crippen LogP contribution in [0.2, 0.25) is 0 Å². The number of rotatable bonds is 6. The SMILES string of the molecule is CCOCCN.NCCOc1ccccc1. The highest BCUT2D eigenvalue weighted by molar-refractivity contribution is 5.20. The van der Waals surface area contributed by atoms with Crippen LogP contribution in [0.1, 0.15) is 6.92 Å². The van der Waals surface area contributed by atoms with Crippen LogP contribution >= 0.6 is 0 Å². The summed E-state index contributed by atoms with van der Waals surface area (Å²) in [6.45, 7) is 5.20. The van der Waals surface area contributed by atoms with Gasteiger partial charge in [0, 0.05) is 19.7 Å². The van der Waals surface area contributed by atoms with Gasteiger partial charge in [-0.15, -0.1) is 0 Å². The van der Waals surface area contributed by atoms with E-state index in [-0.39, 0.29) is 0 Å². The lowest BCUT2D eigenvalue weighted by Gasteiger charge is -2.01. The first-order chi connectivity index (χ1) is 7.85. The first-order valence-electron chi connectivity index (χ1n) is 5.50. The van der Waals surface area contributed by atoms with Gasteiger partial charge in [0.25, 0.3) is 0 Å². The summed E-state index contributed by atoms with van der Waals surface area (Å²) in [4.78, 5) is 0. The summed E-state index contributed by atoms with van der Waals surface area (Å²) >= 11 is 0. The van der Waals surface area contributed by atoms with Crippen LogP contribution in [0.3, 0.4) is 0 Å². The highest BCUT2D eigenvalue weighted by Gasteiger charge is 1.86. The van der Waals surface area contributed by atoms with Gasteiger partial charge in [-0.3, -0.25) is 0 Å². The minimum absolute atomic E-state index is 0.564. The molecule has 1 aromatic carbocycles. The minimum atomic E-state index is 0.564. The van der Waals surface area contributed by atoms with Gasteiger partial charge in [-0.25, -0.2) is 0 Å². The quantitative estimate of drug-likeness (QED) is 0.710. The van der Waals surface area contributed by atoms with E-state index in [0.29, 0.717) is 26.3 Å². The third kappa shape index (κ3) is 9.45. The molecule has 0 heterocycles. The predicted molar refractivity (Wildman–Crippen MR) is 66.5 cm³/mol. The van der Waals surface area contributed by atoms with Gasteiger partial charge in [-0.05, 0) is 19.1 Å². The molecule has 0 aliphatic rings. The molecule has 0 bridgehead atoms. The van der Waals surface area contributed by atoms with Gasteiger partial charge in [0.1, 0.15) is 12.4 Å². The first kappa shape index (κ1) is 14.9. The van der Waals surface area contributed by atoms with Crippen molar-refractivity contribution in [2.75, 3.05) is 32.9 Å². The van der Waals surface area contributed by atoms with Crippen molar-refractivity contribution in [1.82, 2.24) is 0 Å². The Balaban J connectivity index is 0.000000325. The van der Waals surface area contributed by atoms with Crippen molar-refractivity contribution in [3.05, 3.63) is 30.3 Å². The number of ether oxygens (including phenoxy) is 2.